The summed E-state index contributed by atoms with van der Waals surface area (Å²) in [5, 5.41) is 2.83. The standard InChI is InChI=1S/C19H28N6OS/c20-14-16(18(21)26)17-6-13-27-19(23-8-7-22-17)25-11-4-15(5-12-25)24-9-2-1-3-10-24/h6-8,13-15H,1-5,9-12,20H2,(H2,21,26)/b8-7?,13-6?,16-14-,22-17?,23-19?. The zero-order chi connectivity index (χ0) is 19.1. The average molecular weight is 389 g/mol. The molecule has 1 aromatic rings. The molecule has 8 heteroatoms. The number of hydrogen-bond acceptors (Lipinski definition) is 7. The summed E-state index contributed by atoms with van der Waals surface area (Å²) in [7, 11) is 0. The maximum Gasteiger partial charge on any atom is 0.252 e. The molecule has 3 rings (SSSR count). The minimum absolute atomic E-state index is 0.197. The quantitative estimate of drug-likeness (QED) is 0.764. The number of anilines is 1. The monoisotopic (exact) mass is 388 g/mol. The van der Waals surface area contributed by atoms with E-state index >= 15 is 0 Å². The SMILES string of the molecule is N/C=C(\C(N)=O)c1ccsc(N2CCC(N3CCCCC3)CC2)nccn1. The van der Waals surface area contributed by atoms with Gasteiger partial charge >= 0.3 is 0 Å². The van der Waals surface area contributed by atoms with Crippen LogP contribution in [0.15, 0.2) is 30.0 Å². The van der Waals surface area contributed by atoms with Gasteiger partial charge in [-0.3, -0.25) is 9.78 Å². The molecule has 2 saturated heterocycles. The number of likely N-dealkylation sites (tertiary alicyclic amines) is 1. The van der Waals surface area contributed by atoms with Crippen LogP contribution in [-0.2, 0) is 4.79 Å². The summed E-state index contributed by atoms with van der Waals surface area (Å²) >= 11 is 1.53. The van der Waals surface area contributed by atoms with Gasteiger partial charge in [0.25, 0.3) is 5.91 Å². The van der Waals surface area contributed by atoms with E-state index in [2.05, 4.69) is 19.8 Å². The molecule has 0 unspecified atom stereocenters. The number of amides is 1. The first kappa shape index (κ1) is 19.6. The summed E-state index contributed by atoms with van der Waals surface area (Å²) in [4.78, 5) is 25.3. The Morgan fingerprint density at radius 3 is 2.48 bits per heavy atom. The average Bonchev–Trinajstić information content (AvgIpc) is 2.82. The summed E-state index contributed by atoms with van der Waals surface area (Å²) in [6.45, 7) is 4.53. The molecular weight excluding hydrogens is 360 g/mol. The zero-order valence-corrected chi connectivity index (χ0v) is 16.4. The highest BCUT2D eigenvalue weighted by molar-refractivity contribution is 7.13. The first-order chi connectivity index (χ1) is 13.2. The number of nitrogens with two attached hydrogens (primary N) is 2. The van der Waals surface area contributed by atoms with Crippen molar-refractivity contribution in [2.24, 2.45) is 11.5 Å². The second-order valence-corrected chi connectivity index (χ2v) is 7.78. The van der Waals surface area contributed by atoms with E-state index in [0.29, 0.717) is 11.7 Å². The number of carbonyl (C=O) groups is 1. The van der Waals surface area contributed by atoms with Crippen LogP contribution in [0.2, 0.25) is 0 Å². The lowest BCUT2D eigenvalue weighted by Crippen LogP contribution is -2.46. The summed E-state index contributed by atoms with van der Waals surface area (Å²) in [6.07, 6.45) is 10.8. The van der Waals surface area contributed by atoms with Crippen molar-refractivity contribution in [2.75, 3.05) is 31.1 Å². The van der Waals surface area contributed by atoms with Gasteiger partial charge in [0.1, 0.15) is 0 Å². The molecule has 7 nitrogen and oxygen atoms in total. The van der Waals surface area contributed by atoms with E-state index in [1.165, 1.54) is 62.7 Å². The number of aromatic nitrogens is 2. The van der Waals surface area contributed by atoms with Crippen molar-refractivity contribution in [3.05, 3.63) is 35.7 Å². The van der Waals surface area contributed by atoms with Gasteiger partial charge in [-0.1, -0.05) is 6.42 Å². The van der Waals surface area contributed by atoms with Gasteiger partial charge in [-0.25, -0.2) is 4.98 Å². The predicted molar refractivity (Wildman–Crippen MR) is 110 cm³/mol. The Bertz CT molecular complexity index is 719. The highest BCUT2D eigenvalue weighted by Gasteiger charge is 2.26. The van der Waals surface area contributed by atoms with Gasteiger partial charge in [0.2, 0.25) is 0 Å². The highest BCUT2D eigenvalue weighted by Crippen LogP contribution is 2.25. The van der Waals surface area contributed by atoms with E-state index in [0.717, 1.165) is 18.2 Å². The van der Waals surface area contributed by atoms with E-state index in [-0.39, 0.29) is 5.57 Å². The van der Waals surface area contributed by atoms with Crippen molar-refractivity contribution in [1.82, 2.24) is 14.9 Å². The third-order valence-corrected chi connectivity index (χ3v) is 6.06. The molecule has 146 valence electrons. The molecule has 0 radical (unpaired) electrons. The van der Waals surface area contributed by atoms with E-state index in [9.17, 15) is 4.79 Å². The van der Waals surface area contributed by atoms with Crippen LogP contribution in [0.1, 0.15) is 37.8 Å². The molecule has 0 aromatic carbocycles. The molecule has 0 atom stereocenters. The van der Waals surface area contributed by atoms with Gasteiger partial charge in [0, 0.05) is 37.7 Å². The number of carbonyl (C=O) groups excluding carboxylic acids is 1. The molecular formula is C19H28N6OS. The molecule has 2 aliphatic rings. The van der Waals surface area contributed by atoms with Crippen molar-refractivity contribution in [3.63, 3.8) is 0 Å². The first-order valence-corrected chi connectivity index (χ1v) is 10.4. The van der Waals surface area contributed by atoms with Crippen LogP contribution in [0, 0.1) is 0 Å². The lowest BCUT2D eigenvalue weighted by atomic mass is 10.0. The first-order valence-electron chi connectivity index (χ1n) is 9.54. The van der Waals surface area contributed by atoms with Crippen LogP contribution >= 0.6 is 11.3 Å². The molecule has 0 saturated carbocycles. The van der Waals surface area contributed by atoms with E-state index in [1.54, 1.807) is 18.5 Å². The number of primary amides is 1. The van der Waals surface area contributed by atoms with Crippen LogP contribution in [0.5, 0.6) is 0 Å². The Hall–Kier alpha value is -2.19. The topological polar surface area (TPSA) is 101 Å². The molecule has 1 amide bonds. The lowest BCUT2D eigenvalue weighted by molar-refractivity contribution is -0.112. The Kier molecular flexibility index (Phi) is 7.00. The van der Waals surface area contributed by atoms with E-state index < -0.39 is 5.91 Å². The van der Waals surface area contributed by atoms with Crippen LogP contribution in [0.4, 0.5) is 5.13 Å². The molecule has 3 heterocycles. The molecule has 0 aliphatic carbocycles. The molecule has 0 bridgehead atoms. The van der Waals surface area contributed by atoms with Crippen molar-refractivity contribution in [1.29, 1.82) is 0 Å². The molecule has 0 spiro atoms. The van der Waals surface area contributed by atoms with Crippen LogP contribution in [0.3, 0.4) is 0 Å². The fraction of sp³-hybridized carbons (Fsp3) is 0.526. The minimum atomic E-state index is -0.598. The predicted octanol–water partition coefficient (Wildman–Crippen LogP) is 1.90. The van der Waals surface area contributed by atoms with Crippen molar-refractivity contribution in [2.45, 2.75) is 38.1 Å². The lowest BCUT2D eigenvalue weighted by Gasteiger charge is -2.40. The Labute approximate surface area is 164 Å². The zero-order valence-electron chi connectivity index (χ0n) is 15.6. The summed E-state index contributed by atoms with van der Waals surface area (Å²) in [5.74, 6) is -0.598. The number of nitrogens with zero attached hydrogens (tertiary/aromatic N) is 4. The largest absolute Gasteiger partial charge is 0.404 e. The normalized spacial score (nSPS) is 19.6. The Morgan fingerprint density at radius 2 is 1.81 bits per heavy atom. The molecule has 2 fully saturated rings. The summed E-state index contributed by atoms with van der Waals surface area (Å²) < 4.78 is 0. The molecule has 2 aliphatic heterocycles. The van der Waals surface area contributed by atoms with Gasteiger partial charge < -0.3 is 21.3 Å². The Morgan fingerprint density at radius 1 is 1.11 bits per heavy atom. The Balaban J connectivity index is 1.70. The van der Waals surface area contributed by atoms with E-state index in [1.807, 2.05) is 5.38 Å². The van der Waals surface area contributed by atoms with Crippen LogP contribution < -0.4 is 16.4 Å². The van der Waals surface area contributed by atoms with Gasteiger partial charge in [-0.2, -0.15) is 0 Å². The van der Waals surface area contributed by atoms with Gasteiger partial charge in [0.05, 0.1) is 11.3 Å². The number of piperidine rings is 2. The highest BCUT2D eigenvalue weighted by atomic mass is 32.1. The van der Waals surface area contributed by atoms with Gasteiger partial charge in [-0.05, 0) is 50.2 Å². The number of hydrogen-bond donors (Lipinski definition) is 2. The summed E-state index contributed by atoms with van der Waals surface area (Å²) in [5.41, 5.74) is 11.5. The third kappa shape index (κ3) is 5.17. The molecule has 27 heavy (non-hydrogen) atoms. The second kappa shape index (κ2) is 9.66. The maximum atomic E-state index is 11.5. The van der Waals surface area contributed by atoms with Gasteiger partial charge in [0.15, 0.2) is 5.13 Å². The van der Waals surface area contributed by atoms with Gasteiger partial charge in [-0.15, -0.1) is 11.3 Å². The summed E-state index contributed by atoms with van der Waals surface area (Å²) in [6, 6.07) is 2.46. The minimum Gasteiger partial charge on any atom is -0.404 e. The second-order valence-electron chi connectivity index (χ2n) is 6.90. The van der Waals surface area contributed by atoms with E-state index in [4.69, 9.17) is 11.5 Å². The smallest absolute Gasteiger partial charge is 0.252 e. The maximum absolute atomic E-state index is 11.5. The molecule has 1 aromatic heterocycles. The molecule has 4 N–H and O–H groups in total. The van der Waals surface area contributed by atoms with Crippen LogP contribution in [0.25, 0.3) is 5.57 Å². The van der Waals surface area contributed by atoms with Crippen molar-refractivity contribution >= 4 is 27.9 Å². The number of rotatable bonds is 4. The van der Waals surface area contributed by atoms with Crippen molar-refractivity contribution in [3.8, 4) is 0 Å². The van der Waals surface area contributed by atoms with Crippen LogP contribution in [-0.4, -0.2) is 53.0 Å². The van der Waals surface area contributed by atoms with Crippen molar-refractivity contribution < 1.29 is 4.79 Å². The fourth-order valence-corrected chi connectivity index (χ4v) is 4.53. The third-order valence-electron chi connectivity index (χ3n) is 5.21. The fourth-order valence-electron chi connectivity index (χ4n) is 3.76.